The molecule has 1 saturated heterocycles. The van der Waals surface area contributed by atoms with Gasteiger partial charge in [0, 0.05) is 5.75 Å². The molecule has 0 aromatic carbocycles. The van der Waals surface area contributed by atoms with Gasteiger partial charge >= 0.3 is 5.23 Å². The Hall–Kier alpha value is -0.180. The molecule has 52 valence electrons. The lowest BCUT2D eigenvalue weighted by molar-refractivity contribution is -0.470. The fourth-order valence-electron chi connectivity index (χ4n) is 0.663. The smallest absolute Gasteiger partial charge is 0.400 e. The minimum atomic E-state index is 0.396. The summed E-state index contributed by atoms with van der Waals surface area (Å²) in [5.74, 6) is 1.09. The highest BCUT2D eigenvalue weighted by Crippen LogP contribution is 2.18. The Kier molecular flexibility index (Phi) is 2.01. The lowest BCUT2D eigenvalue weighted by Gasteiger charge is -1.96. The lowest BCUT2D eigenvalue weighted by atomic mass is 10.5. The second-order valence-electron chi connectivity index (χ2n) is 2.40. The van der Waals surface area contributed by atoms with Gasteiger partial charge in [-0.1, -0.05) is 0 Å². The van der Waals surface area contributed by atoms with Crippen LogP contribution in [0.15, 0.2) is 0 Å². The largest absolute Gasteiger partial charge is 0.436 e. The van der Waals surface area contributed by atoms with Gasteiger partial charge in [-0.15, -0.1) is 0 Å². The van der Waals surface area contributed by atoms with Gasteiger partial charge in [0.2, 0.25) is 0 Å². The summed E-state index contributed by atoms with van der Waals surface area (Å²) in [4.78, 5) is 0. The fraction of sp³-hybridized carbons (Fsp3) is 0.833. The molecule has 0 saturated carbocycles. The average Bonchev–Trinajstić information content (AvgIpc) is 2.14. The third kappa shape index (κ3) is 1.61. The quantitative estimate of drug-likeness (QED) is 0.468. The number of thioether (sulfide) groups is 1. The van der Waals surface area contributed by atoms with Gasteiger partial charge in [-0.2, -0.15) is 4.58 Å². The number of rotatable bonds is 0. The molecule has 2 nitrogen and oxygen atoms in total. The molecule has 0 radical (unpaired) electrons. The maximum atomic E-state index is 5.43. The number of hydrogen-bond acceptors (Lipinski definition) is 2. The standard InChI is InChI=1S/C6H12NOS/c1-5-4-9-6(8-5)7(2)3/h5H,4H2,1-3H3/q+1. The van der Waals surface area contributed by atoms with E-state index in [1.165, 1.54) is 0 Å². The SMILES string of the molecule is CC1CSC(=[N+](C)C)O1. The molecule has 1 aliphatic rings. The third-order valence-corrected chi connectivity index (χ3v) is 2.45. The van der Waals surface area contributed by atoms with Crippen LogP contribution in [0.5, 0.6) is 0 Å². The van der Waals surface area contributed by atoms with E-state index in [1.807, 2.05) is 18.7 Å². The van der Waals surface area contributed by atoms with E-state index in [0.717, 1.165) is 11.0 Å². The van der Waals surface area contributed by atoms with E-state index in [0.29, 0.717) is 6.10 Å². The van der Waals surface area contributed by atoms with Crippen molar-refractivity contribution in [1.29, 1.82) is 0 Å². The Labute approximate surface area is 59.9 Å². The highest BCUT2D eigenvalue weighted by Gasteiger charge is 2.23. The molecule has 1 fully saturated rings. The lowest BCUT2D eigenvalue weighted by Crippen LogP contribution is -2.11. The van der Waals surface area contributed by atoms with Crippen LogP contribution in [0.4, 0.5) is 0 Å². The van der Waals surface area contributed by atoms with Crippen LogP contribution in [0.1, 0.15) is 6.92 Å². The van der Waals surface area contributed by atoms with E-state index in [2.05, 4.69) is 6.92 Å². The van der Waals surface area contributed by atoms with Crippen LogP contribution in [-0.2, 0) is 4.74 Å². The monoisotopic (exact) mass is 146 g/mol. The molecule has 1 unspecified atom stereocenters. The van der Waals surface area contributed by atoms with E-state index in [9.17, 15) is 0 Å². The number of hydrogen-bond donors (Lipinski definition) is 0. The summed E-state index contributed by atoms with van der Waals surface area (Å²) in [5, 5.41) is 1.04. The molecule has 0 aromatic rings. The Morgan fingerprint density at radius 2 is 2.33 bits per heavy atom. The van der Waals surface area contributed by atoms with E-state index in [1.54, 1.807) is 11.8 Å². The van der Waals surface area contributed by atoms with Crippen molar-refractivity contribution < 1.29 is 9.31 Å². The van der Waals surface area contributed by atoms with Crippen molar-refractivity contribution in [2.45, 2.75) is 13.0 Å². The molecule has 0 aliphatic carbocycles. The summed E-state index contributed by atoms with van der Waals surface area (Å²) < 4.78 is 7.44. The number of nitrogens with zero attached hydrogens (tertiary/aromatic N) is 1. The van der Waals surface area contributed by atoms with Crippen LogP contribution >= 0.6 is 11.8 Å². The molecule has 9 heavy (non-hydrogen) atoms. The summed E-state index contributed by atoms with van der Waals surface area (Å²) >= 11 is 1.78. The van der Waals surface area contributed by atoms with Crippen LogP contribution in [-0.4, -0.2) is 35.8 Å². The van der Waals surface area contributed by atoms with E-state index in [4.69, 9.17) is 4.74 Å². The second-order valence-corrected chi connectivity index (χ2v) is 3.37. The van der Waals surface area contributed by atoms with Gasteiger partial charge in [0.1, 0.15) is 20.2 Å². The molecule has 3 heteroatoms. The minimum Gasteiger partial charge on any atom is -0.436 e. The Balaban J connectivity index is 2.58. The van der Waals surface area contributed by atoms with Crippen LogP contribution in [0.25, 0.3) is 0 Å². The average molecular weight is 146 g/mol. The highest BCUT2D eigenvalue weighted by molar-refractivity contribution is 8.13. The van der Waals surface area contributed by atoms with E-state index in [-0.39, 0.29) is 0 Å². The zero-order valence-electron chi connectivity index (χ0n) is 6.05. The van der Waals surface area contributed by atoms with Crippen molar-refractivity contribution in [3.8, 4) is 0 Å². The maximum absolute atomic E-state index is 5.43. The highest BCUT2D eigenvalue weighted by atomic mass is 32.2. The molecular formula is C6H12NOS+. The predicted molar refractivity (Wildman–Crippen MR) is 40.1 cm³/mol. The van der Waals surface area contributed by atoms with Crippen LogP contribution in [0, 0.1) is 0 Å². The van der Waals surface area contributed by atoms with Gasteiger partial charge in [0.05, 0.1) is 0 Å². The molecule has 0 aromatic heterocycles. The predicted octanol–water partition coefficient (Wildman–Crippen LogP) is 0.766. The van der Waals surface area contributed by atoms with Gasteiger partial charge in [-0.05, 0) is 18.7 Å². The third-order valence-electron chi connectivity index (χ3n) is 1.11. The summed E-state index contributed by atoms with van der Waals surface area (Å²) in [6, 6.07) is 0. The van der Waals surface area contributed by atoms with Crippen LogP contribution < -0.4 is 0 Å². The van der Waals surface area contributed by atoms with Gasteiger partial charge in [-0.3, -0.25) is 0 Å². The Bertz CT molecular complexity index is 140. The molecular weight excluding hydrogens is 134 g/mol. The second kappa shape index (κ2) is 2.60. The molecule has 0 bridgehead atoms. The minimum absolute atomic E-state index is 0.396. The van der Waals surface area contributed by atoms with Crippen molar-refractivity contribution in [2.75, 3.05) is 19.8 Å². The van der Waals surface area contributed by atoms with Crippen LogP contribution in [0.3, 0.4) is 0 Å². The van der Waals surface area contributed by atoms with Crippen molar-refractivity contribution in [2.24, 2.45) is 0 Å². The molecule has 0 N–H and O–H groups in total. The molecule has 0 amide bonds. The molecule has 1 aliphatic heterocycles. The summed E-state index contributed by atoms with van der Waals surface area (Å²) in [6.45, 7) is 2.09. The summed E-state index contributed by atoms with van der Waals surface area (Å²) in [6.07, 6.45) is 0.396. The number of ether oxygens (including phenoxy) is 1. The topological polar surface area (TPSA) is 12.2 Å². The van der Waals surface area contributed by atoms with Gasteiger partial charge in [0.25, 0.3) is 0 Å². The Morgan fingerprint density at radius 3 is 2.56 bits per heavy atom. The van der Waals surface area contributed by atoms with E-state index < -0.39 is 0 Å². The van der Waals surface area contributed by atoms with Gasteiger partial charge < -0.3 is 4.74 Å². The molecule has 0 spiro atoms. The van der Waals surface area contributed by atoms with Crippen LogP contribution in [0.2, 0.25) is 0 Å². The summed E-state index contributed by atoms with van der Waals surface area (Å²) in [7, 11) is 4.00. The first-order valence-corrected chi connectivity index (χ1v) is 4.02. The van der Waals surface area contributed by atoms with Crippen molar-refractivity contribution in [3.05, 3.63) is 0 Å². The van der Waals surface area contributed by atoms with Crippen molar-refractivity contribution in [3.63, 3.8) is 0 Å². The van der Waals surface area contributed by atoms with Gasteiger partial charge in [-0.25, -0.2) is 0 Å². The first kappa shape index (κ1) is 6.93. The zero-order chi connectivity index (χ0) is 6.85. The van der Waals surface area contributed by atoms with Crippen molar-refractivity contribution in [1.82, 2.24) is 0 Å². The fourth-order valence-corrected chi connectivity index (χ4v) is 1.60. The maximum Gasteiger partial charge on any atom is 0.400 e. The first-order chi connectivity index (χ1) is 4.20. The normalized spacial score (nSPS) is 26.1. The zero-order valence-corrected chi connectivity index (χ0v) is 6.86. The molecule has 1 heterocycles. The molecule has 1 rings (SSSR count). The summed E-state index contributed by atoms with van der Waals surface area (Å²) in [5.41, 5.74) is 0. The molecule has 1 atom stereocenters. The van der Waals surface area contributed by atoms with Crippen molar-refractivity contribution >= 4 is 17.0 Å². The first-order valence-electron chi connectivity index (χ1n) is 3.04. The van der Waals surface area contributed by atoms with Gasteiger partial charge in [0.15, 0.2) is 0 Å². The van der Waals surface area contributed by atoms with E-state index >= 15 is 0 Å². The Morgan fingerprint density at radius 1 is 1.67 bits per heavy atom.